The van der Waals surface area contributed by atoms with Crippen molar-refractivity contribution in [3.63, 3.8) is 0 Å². The second-order valence-corrected chi connectivity index (χ2v) is 13.3. The minimum atomic E-state index is -2.34. The van der Waals surface area contributed by atoms with E-state index in [1.165, 1.54) is 5.56 Å². The van der Waals surface area contributed by atoms with Gasteiger partial charge in [0.1, 0.15) is 5.56 Å². The number of benzene rings is 5. The standard InChI is InChI=1S/C42H39F5N2O4/c1-24-33(22-49(3)25(2)28-10-5-4-6-11-28)52-42(53-40(24)29-17-15-26(23-50)16-18-29)32-14-8-13-31(20-32)30-12-7-9-27(19-30)21-48-41(51)34-35(43)37(45)39(47)38(46)36(34)44/h4-20,24-25,33,40,42,50H,21-23H2,1-3H3,(H,48,51)/t24-,25+,33+,40+,42+/m1/s1. The number of ether oxygens (including phenoxy) is 2. The van der Waals surface area contributed by atoms with Gasteiger partial charge in [0.25, 0.3) is 5.91 Å². The van der Waals surface area contributed by atoms with Gasteiger partial charge in [-0.25, -0.2) is 22.0 Å². The van der Waals surface area contributed by atoms with Crippen molar-refractivity contribution in [1.29, 1.82) is 0 Å². The van der Waals surface area contributed by atoms with Crippen molar-refractivity contribution in [2.24, 2.45) is 5.92 Å². The zero-order valence-corrected chi connectivity index (χ0v) is 29.3. The number of nitrogens with one attached hydrogen (secondary N) is 1. The fourth-order valence-corrected chi connectivity index (χ4v) is 6.56. The Morgan fingerprint density at radius 2 is 1.38 bits per heavy atom. The van der Waals surface area contributed by atoms with Crippen LogP contribution in [0.2, 0.25) is 0 Å². The van der Waals surface area contributed by atoms with Crippen molar-refractivity contribution < 1.29 is 41.3 Å². The Labute approximate surface area is 304 Å². The molecule has 11 heteroatoms. The number of amides is 1. The third-order valence-corrected chi connectivity index (χ3v) is 9.84. The Hall–Kier alpha value is -4.94. The van der Waals surface area contributed by atoms with Crippen LogP contribution in [0.5, 0.6) is 0 Å². The predicted molar refractivity (Wildman–Crippen MR) is 190 cm³/mol. The SMILES string of the molecule is C[C@@H]1[C@H](CN(C)[C@@H](C)c2ccccc2)O[C@H](c2cccc(-c3cccc(CNC(=O)c4c(F)c(F)c(F)c(F)c4F)c3)c2)O[C@@H]1c1ccc(CO)cc1. The number of carbonyl (C=O) groups excluding carboxylic acids is 1. The fourth-order valence-electron chi connectivity index (χ4n) is 6.56. The monoisotopic (exact) mass is 730 g/mol. The minimum Gasteiger partial charge on any atom is -0.392 e. The van der Waals surface area contributed by atoms with Crippen molar-refractivity contribution in [2.75, 3.05) is 13.6 Å². The van der Waals surface area contributed by atoms with Crippen LogP contribution in [-0.2, 0) is 22.6 Å². The van der Waals surface area contributed by atoms with E-state index >= 15 is 0 Å². The molecule has 1 saturated heterocycles. The normalized spacial score (nSPS) is 19.3. The van der Waals surface area contributed by atoms with Gasteiger partial charge in [-0.15, -0.1) is 0 Å². The Morgan fingerprint density at radius 3 is 2.04 bits per heavy atom. The molecular weight excluding hydrogens is 691 g/mol. The van der Waals surface area contributed by atoms with Gasteiger partial charge in [-0.1, -0.05) is 97.9 Å². The summed E-state index contributed by atoms with van der Waals surface area (Å²) in [6.45, 7) is 4.58. The highest BCUT2D eigenvalue weighted by molar-refractivity contribution is 5.94. The molecule has 1 fully saturated rings. The summed E-state index contributed by atoms with van der Waals surface area (Å²) in [5.41, 5.74) is 4.21. The van der Waals surface area contributed by atoms with Crippen molar-refractivity contribution in [1.82, 2.24) is 10.2 Å². The predicted octanol–water partition coefficient (Wildman–Crippen LogP) is 8.96. The van der Waals surface area contributed by atoms with Gasteiger partial charge in [-0.05, 0) is 59.5 Å². The van der Waals surface area contributed by atoms with Crippen LogP contribution in [0.1, 0.15) is 70.5 Å². The molecule has 53 heavy (non-hydrogen) atoms. The molecule has 276 valence electrons. The number of aliphatic hydroxyl groups is 1. The Balaban J connectivity index is 1.23. The van der Waals surface area contributed by atoms with Gasteiger partial charge in [-0.3, -0.25) is 9.69 Å². The van der Waals surface area contributed by atoms with E-state index in [9.17, 15) is 31.9 Å². The van der Waals surface area contributed by atoms with Crippen molar-refractivity contribution in [3.8, 4) is 11.1 Å². The summed E-state index contributed by atoms with van der Waals surface area (Å²) in [5, 5.41) is 11.9. The van der Waals surface area contributed by atoms with E-state index in [0.717, 1.165) is 27.8 Å². The summed E-state index contributed by atoms with van der Waals surface area (Å²) in [6, 6.07) is 32.7. The van der Waals surface area contributed by atoms with Crippen LogP contribution in [0.25, 0.3) is 11.1 Å². The Morgan fingerprint density at radius 1 is 0.755 bits per heavy atom. The molecule has 6 rings (SSSR count). The maximum Gasteiger partial charge on any atom is 0.257 e. The lowest BCUT2D eigenvalue weighted by Crippen LogP contribution is -2.44. The molecule has 1 aliphatic heterocycles. The number of aliphatic hydroxyl groups excluding tert-OH is 1. The second kappa shape index (κ2) is 16.4. The lowest BCUT2D eigenvalue weighted by Gasteiger charge is -2.43. The Bertz CT molecular complexity index is 2030. The second-order valence-electron chi connectivity index (χ2n) is 13.3. The molecule has 5 aromatic rings. The van der Waals surface area contributed by atoms with Gasteiger partial charge in [0.2, 0.25) is 5.82 Å². The van der Waals surface area contributed by atoms with Crippen molar-refractivity contribution >= 4 is 5.91 Å². The molecule has 0 saturated carbocycles. The summed E-state index contributed by atoms with van der Waals surface area (Å²) in [5.74, 6) is -12.6. The lowest BCUT2D eigenvalue weighted by atomic mass is 9.89. The summed E-state index contributed by atoms with van der Waals surface area (Å²) in [4.78, 5) is 14.8. The number of nitrogens with zero attached hydrogens (tertiary/aromatic N) is 1. The third-order valence-electron chi connectivity index (χ3n) is 9.84. The average Bonchev–Trinajstić information content (AvgIpc) is 3.19. The molecule has 0 radical (unpaired) electrons. The highest BCUT2D eigenvalue weighted by Gasteiger charge is 2.39. The van der Waals surface area contributed by atoms with Crippen LogP contribution in [0.4, 0.5) is 22.0 Å². The van der Waals surface area contributed by atoms with Crippen LogP contribution >= 0.6 is 0 Å². The lowest BCUT2D eigenvalue weighted by molar-refractivity contribution is -0.276. The number of carbonyl (C=O) groups is 1. The number of hydrogen-bond donors (Lipinski definition) is 2. The van der Waals surface area contributed by atoms with E-state index in [1.54, 1.807) is 18.2 Å². The van der Waals surface area contributed by atoms with Crippen molar-refractivity contribution in [2.45, 2.75) is 51.5 Å². The van der Waals surface area contributed by atoms with E-state index in [1.807, 2.05) is 72.8 Å². The molecule has 1 heterocycles. The summed E-state index contributed by atoms with van der Waals surface area (Å²) in [7, 11) is 2.07. The maximum absolute atomic E-state index is 14.2. The summed E-state index contributed by atoms with van der Waals surface area (Å²) in [6.07, 6.45) is -1.27. The first-order chi connectivity index (χ1) is 25.5. The van der Waals surface area contributed by atoms with Crippen LogP contribution in [-0.4, -0.2) is 35.6 Å². The van der Waals surface area contributed by atoms with Crippen LogP contribution in [0.3, 0.4) is 0 Å². The average molecular weight is 731 g/mol. The van der Waals surface area contributed by atoms with E-state index in [2.05, 4.69) is 43.2 Å². The maximum atomic E-state index is 14.2. The van der Waals surface area contributed by atoms with Crippen LogP contribution in [0.15, 0.2) is 103 Å². The van der Waals surface area contributed by atoms with Gasteiger partial charge in [-0.2, -0.15) is 0 Å². The smallest absolute Gasteiger partial charge is 0.257 e. The molecule has 0 aliphatic carbocycles. The highest BCUT2D eigenvalue weighted by Crippen LogP contribution is 2.43. The van der Waals surface area contributed by atoms with Gasteiger partial charge >= 0.3 is 0 Å². The Kier molecular flexibility index (Phi) is 11.7. The molecule has 0 unspecified atom stereocenters. The van der Waals surface area contributed by atoms with Gasteiger partial charge in [0, 0.05) is 30.6 Å². The topological polar surface area (TPSA) is 71.0 Å². The van der Waals surface area contributed by atoms with E-state index in [0.29, 0.717) is 12.1 Å². The molecule has 1 aliphatic rings. The number of rotatable bonds is 11. The quantitative estimate of drug-likeness (QED) is 0.0807. The first kappa shape index (κ1) is 37.8. The highest BCUT2D eigenvalue weighted by atomic mass is 19.2. The zero-order valence-electron chi connectivity index (χ0n) is 29.3. The molecule has 5 aromatic carbocycles. The summed E-state index contributed by atoms with van der Waals surface area (Å²) >= 11 is 0. The van der Waals surface area contributed by atoms with Gasteiger partial charge in [0.15, 0.2) is 29.6 Å². The van der Waals surface area contributed by atoms with Crippen LogP contribution in [0, 0.1) is 35.0 Å². The van der Waals surface area contributed by atoms with Gasteiger partial charge in [0.05, 0.1) is 18.8 Å². The minimum absolute atomic E-state index is 0.0310. The molecule has 1 amide bonds. The first-order valence-corrected chi connectivity index (χ1v) is 17.2. The molecule has 5 atom stereocenters. The van der Waals surface area contributed by atoms with E-state index in [4.69, 9.17) is 9.47 Å². The number of likely N-dealkylation sites (N-methyl/N-ethyl adjacent to an activating group) is 1. The number of halogens is 5. The van der Waals surface area contributed by atoms with Crippen LogP contribution < -0.4 is 5.32 Å². The van der Waals surface area contributed by atoms with E-state index in [-0.39, 0.29) is 37.3 Å². The molecule has 0 bridgehead atoms. The third kappa shape index (κ3) is 8.18. The largest absolute Gasteiger partial charge is 0.392 e. The molecular formula is C42H39F5N2O4. The van der Waals surface area contributed by atoms with E-state index < -0.39 is 46.8 Å². The van der Waals surface area contributed by atoms with Gasteiger partial charge < -0.3 is 19.9 Å². The van der Waals surface area contributed by atoms with Crippen molar-refractivity contribution in [3.05, 3.63) is 166 Å². The molecule has 0 aromatic heterocycles. The fraction of sp³-hybridized carbons (Fsp3) is 0.262. The first-order valence-electron chi connectivity index (χ1n) is 17.2. The summed E-state index contributed by atoms with van der Waals surface area (Å²) < 4.78 is 82.7. The molecule has 2 N–H and O–H groups in total. The molecule has 6 nitrogen and oxygen atoms in total. The zero-order chi connectivity index (χ0) is 37.8. The number of hydrogen-bond acceptors (Lipinski definition) is 5. The molecule has 0 spiro atoms.